The minimum atomic E-state index is -0.591. The highest BCUT2D eigenvalue weighted by Crippen LogP contribution is 2.54. The number of nitrogens with zero attached hydrogens (tertiary/aromatic N) is 2. The van der Waals surface area contributed by atoms with E-state index >= 15 is 0 Å². The van der Waals surface area contributed by atoms with E-state index < -0.39 is 17.5 Å². The topological polar surface area (TPSA) is 64.3 Å². The largest absolute Gasteiger partial charge is 0.464 e. The molecule has 1 aliphatic carbocycles. The normalized spacial score (nSPS) is 22.9. The molecular formula is C16H18N2O3. The molecule has 5 heteroatoms. The number of esters is 1. The number of aromatic nitrogens is 2. The Kier molecular flexibility index (Phi) is 3.10. The number of aliphatic hydroxyl groups is 1. The predicted octanol–water partition coefficient (Wildman–Crippen LogP) is 2.33. The van der Waals surface area contributed by atoms with Gasteiger partial charge in [0.25, 0.3) is 0 Å². The number of ether oxygens (including phenoxy) is 1. The summed E-state index contributed by atoms with van der Waals surface area (Å²) in [6.07, 6.45) is 2.52. The molecule has 1 aromatic carbocycles. The van der Waals surface area contributed by atoms with Crippen molar-refractivity contribution in [2.45, 2.75) is 26.0 Å². The third-order valence-electron chi connectivity index (χ3n) is 4.33. The molecule has 0 spiro atoms. The standard InChI is InChI=1S/C16H18N2O3/c1-16(2)13(10-6-4-5-7-11(10)14(16)19)18-9-17-8-12(18)15(20)21-3/h4-9,13-14,19H,1-3H3. The molecule has 3 rings (SSSR count). The minimum Gasteiger partial charge on any atom is -0.464 e. The lowest BCUT2D eigenvalue weighted by Crippen LogP contribution is -2.29. The van der Waals surface area contributed by atoms with Crippen molar-refractivity contribution >= 4 is 5.97 Å². The van der Waals surface area contributed by atoms with Crippen molar-refractivity contribution in [2.75, 3.05) is 7.11 Å². The number of hydrogen-bond donors (Lipinski definition) is 1. The first-order valence-corrected chi connectivity index (χ1v) is 6.85. The second-order valence-electron chi connectivity index (χ2n) is 5.93. The molecule has 2 aromatic rings. The van der Waals surface area contributed by atoms with Crippen LogP contribution in [-0.4, -0.2) is 27.7 Å². The van der Waals surface area contributed by atoms with Crippen LogP contribution in [0.2, 0.25) is 0 Å². The summed E-state index contributed by atoms with van der Waals surface area (Å²) < 4.78 is 6.61. The Balaban J connectivity index is 2.18. The van der Waals surface area contributed by atoms with Crippen molar-refractivity contribution in [3.63, 3.8) is 0 Å². The van der Waals surface area contributed by atoms with Gasteiger partial charge < -0.3 is 14.4 Å². The molecule has 0 amide bonds. The van der Waals surface area contributed by atoms with E-state index in [1.807, 2.05) is 38.1 Å². The van der Waals surface area contributed by atoms with Crippen LogP contribution in [0.15, 0.2) is 36.8 Å². The molecule has 1 aromatic heterocycles. The van der Waals surface area contributed by atoms with Gasteiger partial charge in [0.2, 0.25) is 0 Å². The first kappa shape index (κ1) is 13.8. The first-order chi connectivity index (χ1) is 9.98. The smallest absolute Gasteiger partial charge is 0.356 e. The SMILES string of the molecule is COC(=O)c1cncn1C1c2ccccc2C(O)C1(C)C. The Morgan fingerprint density at radius 3 is 2.67 bits per heavy atom. The number of fused-ring (bicyclic) bond motifs is 1. The van der Waals surface area contributed by atoms with Gasteiger partial charge in [-0.2, -0.15) is 0 Å². The zero-order valence-electron chi connectivity index (χ0n) is 12.3. The molecular weight excluding hydrogens is 268 g/mol. The highest BCUT2D eigenvalue weighted by Gasteiger charge is 2.47. The van der Waals surface area contributed by atoms with E-state index in [2.05, 4.69) is 4.98 Å². The van der Waals surface area contributed by atoms with E-state index in [0.717, 1.165) is 11.1 Å². The van der Waals surface area contributed by atoms with Crippen LogP contribution in [-0.2, 0) is 4.74 Å². The second-order valence-corrected chi connectivity index (χ2v) is 5.93. The number of carbonyl (C=O) groups is 1. The summed E-state index contributed by atoms with van der Waals surface area (Å²) in [7, 11) is 1.35. The van der Waals surface area contributed by atoms with Gasteiger partial charge in [-0.1, -0.05) is 38.1 Å². The van der Waals surface area contributed by atoms with Crippen LogP contribution >= 0.6 is 0 Å². The van der Waals surface area contributed by atoms with E-state index in [0.29, 0.717) is 5.69 Å². The van der Waals surface area contributed by atoms with E-state index in [4.69, 9.17) is 4.74 Å². The average Bonchev–Trinajstić information content (AvgIpc) is 3.01. The lowest BCUT2D eigenvalue weighted by molar-refractivity contribution is 0.0388. The maximum atomic E-state index is 11.9. The number of imidazole rings is 1. The fraction of sp³-hybridized carbons (Fsp3) is 0.375. The van der Waals surface area contributed by atoms with Crippen molar-refractivity contribution in [3.05, 3.63) is 53.6 Å². The van der Waals surface area contributed by atoms with Crippen LogP contribution < -0.4 is 0 Å². The fourth-order valence-corrected chi connectivity index (χ4v) is 3.24. The van der Waals surface area contributed by atoms with E-state index in [1.165, 1.54) is 13.3 Å². The third kappa shape index (κ3) is 1.88. The van der Waals surface area contributed by atoms with Crippen LogP contribution in [0.25, 0.3) is 0 Å². The molecule has 1 aliphatic rings. The summed E-state index contributed by atoms with van der Waals surface area (Å²) in [5.41, 5.74) is 1.85. The van der Waals surface area contributed by atoms with Gasteiger partial charge in [0.1, 0.15) is 5.69 Å². The predicted molar refractivity (Wildman–Crippen MR) is 76.9 cm³/mol. The Morgan fingerprint density at radius 1 is 1.33 bits per heavy atom. The molecule has 21 heavy (non-hydrogen) atoms. The summed E-state index contributed by atoms with van der Waals surface area (Å²) in [6.45, 7) is 3.98. The van der Waals surface area contributed by atoms with Gasteiger partial charge in [0.05, 0.1) is 31.8 Å². The van der Waals surface area contributed by atoms with Gasteiger partial charge >= 0.3 is 5.97 Å². The monoisotopic (exact) mass is 286 g/mol. The van der Waals surface area contributed by atoms with Crippen molar-refractivity contribution < 1.29 is 14.6 Å². The molecule has 1 heterocycles. The van der Waals surface area contributed by atoms with Crippen molar-refractivity contribution in [1.29, 1.82) is 0 Å². The number of carbonyl (C=O) groups excluding carboxylic acids is 1. The van der Waals surface area contributed by atoms with Gasteiger partial charge in [0, 0.05) is 5.41 Å². The molecule has 0 fully saturated rings. The molecule has 0 radical (unpaired) electrons. The zero-order chi connectivity index (χ0) is 15.2. The van der Waals surface area contributed by atoms with Crippen LogP contribution in [0.1, 0.15) is 47.6 Å². The minimum absolute atomic E-state index is 0.166. The maximum Gasteiger partial charge on any atom is 0.356 e. The van der Waals surface area contributed by atoms with Crippen LogP contribution in [0.5, 0.6) is 0 Å². The number of hydrogen-bond acceptors (Lipinski definition) is 4. The van der Waals surface area contributed by atoms with Gasteiger partial charge in [-0.3, -0.25) is 0 Å². The molecule has 5 nitrogen and oxygen atoms in total. The number of aliphatic hydroxyl groups excluding tert-OH is 1. The first-order valence-electron chi connectivity index (χ1n) is 6.85. The second kappa shape index (κ2) is 4.70. The molecule has 2 unspecified atom stereocenters. The van der Waals surface area contributed by atoms with Crippen LogP contribution in [0, 0.1) is 5.41 Å². The van der Waals surface area contributed by atoms with Gasteiger partial charge in [-0.25, -0.2) is 9.78 Å². The third-order valence-corrected chi connectivity index (χ3v) is 4.33. The van der Waals surface area contributed by atoms with E-state index in [9.17, 15) is 9.90 Å². The van der Waals surface area contributed by atoms with Crippen LogP contribution in [0.3, 0.4) is 0 Å². The Hall–Kier alpha value is -2.14. The highest BCUT2D eigenvalue weighted by molar-refractivity contribution is 5.87. The van der Waals surface area contributed by atoms with Crippen molar-refractivity contribution in [3.8, 4) is 0 Å². The molecule has 1 N–H and O–H groups in total. The summed E-state index contributed by atoms with van der Waals surface area (Å²) in [6, 6.07) is 7.60. The van der Waals surface area contributed by atoms with Gasteiger partial charge in [0.15, 0.2) is 0 Å². The highest BCUT2D eigenvalue weighted by atomic mass is 16.5. The molecule has 0 saturated carbocycles. The number of benzene rings is 1. The number of rotatable bonds is 2. The molecule has 0 bridgehead atoms. The number of methoxy groups -OCH3 is 1. The van der Waals surface area contributed by atoms with Gasteiger partial charge in [-0.05, 0) is 11.1 Å². The van der Waals surface area contributed by atoms with E-state index in [1.54, 1.807) is 10.9 Å². The molecule has 0 saturated heterocycles. The van der Waals surface area contributed by atoms with Crippen LogP contribution in [0.4, 0.5) is 0 Å². The van der Waals surface area contributed by atoms with Crippen molar-refractivity contribution in [2.24, 2.45) is 5.41 Å². The van der Waals surface area contributed by atoms with E-state index in [-0.39, 0.29) is 6.04 Å². The Morgan fingerprint density at radius 2 is 2.00 bits per heavy atom. The molecule has 2 atom stereocenters. The average molecular weight is 286 g/mol. The van der Waals surface area contributed by atoms with Crippen molar-refractivity contribution in [1.82, 2.24) is 9.55 Å². The lowest BCUT2D eigenvalue weighted by atomic mass is 9.83. The summed E-state index contributed by atoms with van der Waals surface area (Å²) in [5.74, 6) is -0.429. The Labute approximate surface area is 123 Å². The molecule has 0 aliphatic heterocycles. The zero-order valence-corrected chi connectivity index (χ0v) is 12.3. The Bertz CT molecular complexity index is 690. The lowest BCUT2D eigenvalue weighted by Gasteiger charge is -2.32. The maximum absolute atomic E-state index is 11.9. The summed E-state index contributed by atoms with van der Waals surface area (Å²) in [4.78, 5) is 16.0. The summed E-state index contributed by atoms with van der Waals surface area (Å²) >= 11 is 0. The summed E-state index contributed by atoms with van der Waals surface area (Å²) in [5, 5.41) is 10.6. The fourth-order valence-electron chi connectivity index (χ4n) is 3.24. The quantitative estimate of drug-likeness (QED) is 0.861. The molecule has 110 valence electrons. The van der Waals surface area contributed by atoms with Gasteiger partial charge in [-0.15, -0.1) is 0 Å².